The Balaban J connectivity index is 1.47. The molecule has 30 heavy (non-hydrogen) atoms. The van der Waals surface area contributed by atoms with Gasteiger partial charge in [-0.05, 0) is 43.2 Å². The second kappa shape index (κ2) is 7.55. The average molecular weight is 400 g/mol. The summed E-state index contributed by atoms with van der Waals surface area (Å²) < 4.78 is 3.03. The van der Waals surface area contributed by atoms with Crippen LogP contribution in [0.1, 0.15) is 12.8 Å². The lowest BCUT2D eigenvalue weighted by Crippen LogP contribution is -2.38. The molecule has 1 saturated heterocycles. The second-order valence-corrected chi connectivity index (χ2v) is 7.35. The third-order valence-electron chi connectivity index (χ3n) is 5.44. The minimum Gasteiger partial charge on any atom is -0.352 e. The minimum absolute atomic E-state index is 0.0393. The monoisotopic (exact) mass is 400 g/mol. The first-order chi connectivity index (χ1) is 14.7. The molecule has 1 fully saturated rings. The van der Waals surface area contributed by atoms with Gasteiger partial charge in [-0.25, -0.2) is 9.67 Å². The smallest absolute Gasteiger partial charge is 0.266 e. The summed E-state index contributed by atoms with van der Waals surface area (Å²) in [5, 5.41) is 4.55. The largest absolute Gasteiger partial charge is 0.352 e. The van der Waals surface area contributed by atoms with Crippen molar-refractivity contribution in [3.63, 3.8) is 0 Å². The Morgan fingerprint density at radius 3 is 2.83 bits per heavy atom. The highest BCUT2D eigenvalue weighted by Gasteiger charge is 2.27. The summed E-state index contributed by atoms with van der Waals surface area (Å²) in [5.74, 6) is 0.644. The molecule has 0 spiro atoms. The summed E-state index contributed by atoms with van der Waals surface area (Å²) in [7, 11) is 0. The van der Waals surface area contributed by atoms with Crippen LogP contribution in [0.5, 0.6) is 0 Å². The molecule has 4 aromatic heterocycles. The van der Waals surface area contributed by atoms with Crippen molar-refractivity contribution in [3.05, 3.63) is 87.8 Å². The van der Waals surface area contributed by atoms with Crippen molar-refractivity contribution in [2.45, 2.75) is 25.4 Å². The Labute approximate surface area is 172 Å². The van der Waals surface area contributed by atoms with Crippen LogP contribution in [0.4, 0.5) is 5.82 Å². The molecule has 150 valence electrons. The average Bonchev–Trinajstić information content (AvgIpc) is 3.24. The van der Waals surface area contributed by atoms with E-state index >= 15 is 0 Å². The zero-order valence-electron chi connectivity index (χ0n) is 16.3. The molecule has 0 aliphatic carbocycles. The quantitative estimate of drug-likeness (QED) is 0.521. The van der Waals surface area contributed by atoms with Gasteiger partial charge in [0.05, 0.1) is 18.3 Å². The summed E-state index contributed by atoms with van der Waals surface area (Å²) in [4.78, 5) is 35.9. The highest BCUT2D eigenvalue weighted by Crippen LogP contribution is 2.24. The maximum absolute atomic E-state index is 12.5. The van der Waals surface area contributed by atoms with Gasteiger partial charge in [-0.1, -0.05) is 6.07 Å². The van der Waals surface area contributed by atoms with Crippen LogP contribution < -0.4 is 16.0 Å². The van der Waals surface area contributed by atoms with E-state index < -0.39 is 0 Å². The van der Waals surface area contributed by atoms with Crippen molar-refractivity contribution in [1.82, 2.24) is 24.1 Å². The van der Waals surface area contributed by atoms with Gasteiger partial charge in [0.1, 0.15) is 11.5 Å². The van der Waals surface area contributed by atoms with Gasteiger partial charge in [0.15, 0.2) is 0 Å². The van der Waals surface area contributed by atoms with Crippen LogP contribution >= 0.6 is 0 Å². The molecule has 0 bridgehead atoms. The molecule has 0 radical (unpaired) electrons. The van der Waals surface area contributed by atoms with E-state index in [0.717, 1.165) is 24.9 Å². The van der Waals surface area contributed by atoms with Gasteiger partial charge in [0.2, 0.25) is 0 Å². The molecule has 5 rings (SSSR count). The summed E-state index contributed by atoms with van der Waals surface area (Å²) >= 11 is 0. The van der Waals surface area contributed by atoms with E-state index in [1.807, 2.05) is 30.3 Å². The second-order valence-electron chi connectivity index (χ2n) is 7.35. The summed E-state index contributed by atoms with van der Waals surface area (Å²) in [6, 6.07) is 14.1. The van der Waals surface area contributed by atoms with Crippen molar-refractivity contribution in [2.24, 2.45) is 0 Å². The zero-order chi connectivity index (χ0) is 20.5. The maximum atomic E-state index is 12.5. The van der Waals surface area contributed by atoms with E-state index in [-0.39, 0.29) is 17.2 Å². The lowest BCUT2D eigenvalue weighted by atomic mass is 10.2. The molecule has 0 saturated carbocycles. The Kier molecular flexibility index (Phi) is 4.59. The highest BCUT2D eigenvalue weighted by molar-refractivity contribution is 5.56. The topological polar surface area (TPSA) is 85.4 Å². The Hall–Kier alpha value is -3.81. The molecule has 8 nitrogen and oxygen atoms in total. The van der Waals surface area contributed by atoms with E-state index in [1.54, 1.807) is 30.7 Å². The summed E-state index contributed by atoms with van der Waals surface area (Å²) in [5.41, 5.74) is 1.91. The van der Waals surface area contributed by atoms with Crippen LogP contribution in [0.25, 0.3) is 16.9 Å². The van der Waals surface area contributed by atoms with Crippen molar-refractivity contribution in [2.75, 3.05) is 11.4 Å². The molecule has 0 aromatic carbocycles. The third-order valence-corrected chi connectivity index (χ3v) is 5.44. The molecule has 5 heterocycles. The van der Waals surface area contributed by atoms with E-state index in [2.05, 4.69) is 20.0 Å². The first-order valence-corrected chi connectivity index (χ1v) is 9.93. The van der Waals surface area contributed by atoms with Crippen LogP contribution in [0.2, 0.25) is 0 Å². The number of nitrogens with zero attached hydrogens (tertiary/aromatic N) is 6. The number of hydrogen-bond donors (Lipinski definition) is 0. The van der Waals surface area contributed by atoms with Gasteiger partial charge >= 0.3 is 0 Å². The van der Waals surface area contributed by atoms with Crippen LogP contribution in [-0.2, 0) is 6.54 Å². The van der Waals surface area contributed by atoms with Crippen LogP contribution in [0.15, 0.2) is 76.7 Å². The predicted octanol–water partition coefficient (Wildman–Crippen LogP) is 1.98. The molecule has 1 aliphatic heterocycles. The van der Waals surface area contributed by atoms with Crippen molar-refractivity contribution < 1.29 is 0 Å². The van der Waals surface area contributed by atoms with Gasteiger partial charge in [-0.15, -0.1) is 0 Å². The third kappa shape index (κ3) is 3.36. The molecule has 0 N–H and O–H groups in total. The van der Waals surface area contributed by atoms with E-state index in [9.17, 15) is 9.59 Å². The number of hydrogen-bond acceptors (Lipinski definition) is 6. The summed E-state index contributed by atoms with van der Waals surface area (Å²) in [6.07, 6.45) is 7.02. The lowest BCUT2D eigenvalue weighted by Gasteiger charge is -2.26. The standard InChI is InChI=1S/C22H20N6O2/c29-21-9-8-18(16-5-3-10-23-14-16)25-28(21)15-17-6-4-12-26(17)20-13-22(30)27-11-2-1-7-19(27)24-20/h1-3,5,7-11,13-14,17H,4,6,12,15H2. The van der Waals surface area contributed by atoms with E-state index in [1.165, 1.54) is 15.1 Å². The Morgan fingerprint density at radius 1 is 1.03 bits per heavy atom. The fraction of sp³-hybridized carbons (Fsp3) is 0.227. The minimum atomic E-state index is -0.152. The predicted molar refractivity (Wildman–Crippen MR) is 114 cm³/mol. The fourth-order valence-corrected chi connectivity index (χ4v) is 3.96. The van der Waals surface area contributed by atoms with E-state index in [4.69, 9.17) is 0 Å². The first kappa shape index (κ1) is 18.2. The van der Waals surface area contributed by atoms with Gasteiger partial charge in [0, 0.05) is 42.8 Å². The van der Waals surface area contributed by atoms with Crippen molar-refractivity contribution in [3.8, 4) is 11.3 Å². The normalized spacial score (nSPS) is 16.3. The Bertz CT molecular complexity index is 1310. The van der Waals surface area contributed by atoms with Crippen molar-refractivity contribution >= 4 is 11.5 Å². The summed E-state index contributed by atoms with van der Waals surface area (Å²) in [6.45, 7) is 1.22. The SMILES string of the molecule is O=c1ccc(-c2cccnc2)nn1CC1CCCN1c1cc(=O)n2ccccc2n1. The first-order valence-electron chi connectivity index (χ1n) is 9.93. The molecule has 4 aromatic rings. The number of anilines is 1. The number of aromatic nitrogens is 5. The van der Waals surface area contributed by atoms with Gasteiger partial charge in [0.25, 0.3) is 11.1 Å². The maximum Gasteiger partial charge on any atom is 0.266 e. The van der Waals surface area contributed by atoms with Gasteiger partial charge in [-0.2, -0.15) is 5.10 Å². The van der Waals surface area contributed by atoms with Crippen LogP contribution in [0, 0.1) is 0 Å². The van der Waals surface area contributed by atoms with Crippen molar-refractivity contribution in [1.29, 1.82) is 0 Å². The number of rotatable bonds is 4. The molecule has 8 heteroatoms. The number of pyridine rings is 2. The number of fused-ring (bicyclic) bond motifs is 1. The molecule has 1 aliphatic rings. The molecular formula is C22H20N6O2. The van der Waals surface area contributed by atoms with E-state index in [0.29, 0.717) is 23.7 Å². The lowest BCUT2D eigenvalue weighted by molar-refractivity contribution is 0.489. The Morgan fingerprint density at radius 2 is 1.97 bits per heavy atom. The molecule has 0 amide bonds. The van der Waals surface area contributed by atoms with Crippen LogP contribution in [0.3, 0.4) is 0 Å². The van der Waals surface area contributed by atoms with Crippen LogP contribution in [-0.4, -0.2) is 36.7 Å². The van der Waals surface area contributed by atoms with Gasteiger partial charge < -0.3 is 4.90 Å². The molecule has 1 atom stereocenters. The van der Waals surface area contributed by atoms with Gasteiger partial charge in [-0.3, -0.25) is 19.0 Å². The fourth-order valence-electron chi connectivity index (χ4n) is 3.96. The highest BCUT2D eigenvalue weighted by atomic mass is 16.1. The molecular weight excluding hydrogens is 380 g/mol. The molecule has 1 unspecified atom stereocenters. The zero-order valence-corrected chi connectivity index (χ0v) is 16.3.